The summed E-state index contributed by atoms with van der Waals surface area (Å²) in [7, 11) is -4.80. The molecule has 0 saturated carbocycles. The minimum atomic E-state index is -4.80. The standard InChI is InChI=1S/C6H9FO5S.C6H15N/c1-4(2)6(8)12-3-5(7)13(9,10)11;1-4-7(5-2)6-3/h5H,1,3H2,2H3,(H,9,10,11);4-6H2,1-3H3. The van der Waals surface area contributed by atoms with Crippen molar-refractivity contribution in [2.24, 2.45) is 0 Å². The van der Waals surface area contributed by atoms with Crippen LogP contribution in [-0.2, 0) is 19.6 Å². The van der Waals surface area contributed by atoms with E-state index in [2.05, 4.69) is 37.0 Å². The molecule has 0 radical (unpaired) electrons. The van der Waals surface area contributed by atoms with E-state index in [0.29, 0.717) is 0 Å². The van der Waals surface area contributed by atoms with E-state index < -0.39 is 28.2 Å². The van der Waals surface area contributed by atoms with Gasteiger partial charge in [-0.2, -0.15) is 8.42 Å². The van der Waals surface area contributed by atoms with Gasteiger partial charge in [0.1, 0.15) is 6.61 Å². The highest BCUT2D eigenvalue weighted by molar-refractivity contribution is 7.86. The topological polar surface area (TPSA) is 83.9 Å². The zero-order valence-electron chi connectivity index (χ0n) is 12.4. The molecule has 0 aliphatic rings. The van der Waals surface area contributed by atoms with Gasteiger partial charge in [0.15, 0.2) is 0 Å². The van der Waals surface area contributed by atoms with E-state index in [0.717, 1.165) is 0 Å². The van der Waals surface area contributed by atoms with Gasteiger partial charge < -0.3 is 9.64 Å². The van der Waals surface area contributed by atoms with Gasteiger partial charge in [-0.05, 0) is 26.6 Å². The summed E-state index contributed by atoms with van der Waals surface area (Å²) < 4.78 is 44.8. The average Bonchev–Trinajstić information content (AvgIpc) is 2.37. The SMILES string of the molecule is C=C(C)C(=O)OCC(F)S(=O)(=O)O.CCN(CC)CC. The highest BCUT2D eigenvalue weighted by Gasteiger charge is 2.23. The normalized spacial score (nSPS) is 12.3. The van der Waals surface area contributed by atoms with Gasteiger partial charge in [0, 0.05) is 5.57 Å². The van der Waals surface area contributed by atoms with E-state index in [1.54, 1.807) is 0 Å². The molecule has 0 heterocycles. The summed E-state index contributed by atoms with van der Waals surface area (Å²) >= 11 is 0. The van der Waals surface area contributed by atoms with Crippen LogP contribution in [0.2, 0.25) is 0 Å². The van der Waals surface area contributed by atoms with E-state index >= 15 is 0 Å². The van der Waals surface area contributed by atoms with Crippen LogP contribution in [0.4, 0.5) is 4.39 Å². The summed E-state index contributed by atoms with van der Waals surface area (Å²) in [6.07, 6.45) is 0. The quantitative estimate of drug-likeness (QED) is 0.437. The summed E-state index contributed by atoms with van der Waals surface area (Å²) in [4.78, 5) is 13.0. The van der Waals surface area contributed by atoms with Gasteiger partial charge in [-0.25, -0.2) is 9.18 Å². The molecule has 0 aromatic carbocycles. The van der Waals surface area contributed by atoms with Crippen LogP contribution in [-0.4, -0.2) is 55.6 Å². The number of carbonyl (C=O) groups is 1. The van der Waals surface area contributed by atoms with Crippen molar-refractivity contribution in [2.75, 3.05) is 26.2 Å². The number of esters is 1. The second-order valence-electron chi connectivity index (χ2n) is 3.92. The van der Waals surface area contributed by atoms with Crippen molar-refractivity contribution in [3.8, 4) is 0 Å². The lowest BCUT2D eigenvalue weighted by atomic mass is 10.4. The predicted molar refractivity (Wildman–Crippen MR) is 75.7 cm³/mol. The molecule has 120 valence electrons. The molecule has 0 saturated heterocycles. The predicted octanol–water partition coefficient (Wildman–Crippen LogP) is 1.64. The van der Waals surface area contributed by atoms with Crippen molar-refractivity contribution in [3.63, 3.8) is 0 Å². The van der Waals surface area contributed by atoms with Gasteiger partial charge >= 0.3 is 16.1 Å². The average molecular weight is 313 g/mol. The molecule has 0 aromatic rings. The smallest absolute Gasteiger partial charge is 0.333 e. The first-order valence-electron chi connectivity index (χ1n) is 6.25. The molecule has 0 spiro atoms. The van der Waals surface area contributed by atoms with Crippen molar-refractivity contribution >= 4 is 16.1 Å². The monoisotopic (exact) mass is 313 g/mol. The molecular weight excluding hydrogens is 289 g/mol. The summed E-state index contributed by atoms with van der Waals surface area (Å²) in [6, 6.07) is 0. The molecule has 1 atom stereocenters. The molecule has 0 aromatic heterocycles. The van der Waals surface area contributed by atoms with Crippen molar-refractivity contribution in [3.05, 3.63) is 12.2 Å². The lowest BCUT2D eigenvalue weighted by molar-refractivity contribution is -0.139. The van der Waals surface area contributed by atoms with Crippen LogP contribution < -0.4 is 0 Å². The molecule has 1 unspecified atom stereocenters. The minimum Gasteiger partial charge on any atom is -0.458 e. The molecule has 0 fully saturated rings. The van der Waals surface area contributed by atoms with Crippen LogP contribution >= 0.6 is 0 Å². The third kappa shape index (κ3) is 10.9. The molecule has 0 bridgehead atoms. The summed E-state index contributed by atoms with van der Waals surface area (Å²) in [5.41, 5.74) is -2.60. The van der Waals surface area contributed by atoms with Crippen molar-refractivity contribution in [2.45, 2.75) is 33.2 Å². The Morgan fingerprint density at radius 1 is 1.30 bits per heavy atom. The first-order chi connectivity index (χ1) is 9.09. The second-order valence-corrected chi connectivity index (χ2v) is 5.46. The van der Waals surface area contributed by atoms with Crippen LogP contribution in [0.25, 0.3) is 0 Å². The minimum absolute atomic E-state index is 0.0162. The van der Waals surface area contributed by atoms with E-state index in [9.17, 15) is 17.6 Å². The zero-order valence-corrected chi connectivity index (χ0v) is 13.2. The highest BCUT2D eigenvalue weighted by Crippen LogP contribution is 2.02. The van der Waals surface area contributed by atoms with Crippen LogP contribution in [0.5, 0.6) is 0 Å². The van der Waals surface area contributed by atoms with Crippen LogP contribution in [0.15, 0.2) is 12.2 Å². The lowest BCUT2D eigenvalue weighted by Crippen LogP contribution is -2.23. The van der Waals surface area contributed by atoms with Crippen molar-refractivity contribution < 1.29 is 26.9 Å². The first-order valence-corrected chi connectivity index (χ1v) is 7.75. The molecule has 8 heteroatoms. The third-order valence-electron chi connectivity index (χ3n) is 2.36. The van der Waals surface area contributed by atoms with Crippen LogP contribution in [0, 0.1) is 0 Å². The van der Waals surface area contributed by atoms with Gasteiger partial charge in [-0.1, -0.05) is 27.4 Å². The summed E-state index contributed by atoms with van der Waals surface area (Å²) in [5, 5.41) is 0. The molecule has 20 heavy (non-hydrogen) atoms. The summed E-state index contributed by atoms with van der Waals surface area (Å²) in [6.45, 7) is 13.6. The fourth-order valence-electron chi connectivity index (χ4n) is 1.02. The second kappa shape index (κ2) is 10.8. The Balaban J connectivity index is 0. The Bertz CT molecular complexity index is 387. The maximum atomic E-state index is 12.4. The number of alkyl halides is 1. The van der Waals surface area contributed by atoms with Gasteiger partial charge in [0.05, 0.1) is 0 Å². The number of ether oxygens (including phenoxy) is 1. The molecule has 0 aliphatic heterocycles. The molecule has 6 nitrogen and oxygen atoms in total. The van der Waals surface area contributed by atoms with Crippen LogP contribution in [0.3, 0.4) is 0 Å². The van der Waals surface area contributed by atoms with Crippen LogP contribution in [0.1, 0.15) is 27.7 Å². The third-order valence-corrected chi connectivity index (χ3v) is 3.14. The molecular formula is C12H24FNO5S. The van der Waals surface area contributed by atoms with E-state index in [4.69, 9.17) is 4.55 Å². The molecule has 0 aliphatic carbocycles. The number of hydrogen-bond acceptors (Lipinski definition) is 5. The maximum absolute atomic E-state index is 12.4. The number of carbonyl (C=O) groups excluding carboxylic acids is 1. The number of halogens is 1. The molecule has 1 N–H and O–H groups in total. The Kier molecular flexibility index (Phi) is 11.5. The Hall–Kier alpha value is -0.990. The Morgan fingerprint density at radius 3 is 1.90 bits per heavy atom. The van der Waals surface area contributed by atoms with Gasteiger partial charge in [0.25, 0.3) is 5.50 Å². The highest BCUT2D eigenvalue weighted by atomic mass is 32.2. The van der Waals surface area contributed by atoms with Crippen molar-refractivity contribution in [1.29, 1.82) is 0 Å². The fraction of sp³-hybridized carbons (Fsp3) is 0.750. The van der Waals surface area contributed by atoms with Gasteiger partial charge in [-0.3, -0.25) is 4.55 Å². The first kappa shape index (κ1) is 21.3. The van der Waals surface area contributed by atoms with Gasteiger partial charge in [-0.15, -0.1) is 0 Å². The summed E-state index contributed by atoms with van der Waals surface area (Å²) in [5.74, 6) is -0.911. The number of rotatable bonds is 7. The van der Waals surface area contributed by atoms with E-state index in [1.165, 1.54) is 26.6 Å². The van der Waals surface area contributed by atoms with E-state index in [1.807, 2.05) is 0 Å². The number of hydrogen-bond donors (Lipinski definition) is 1. The zero-order chi connectivity index (χ0) is 16.3. The molecule has 0 amide bonds. The Morgan fingerprint density at radius 2 is 1.70 bits per heavy atom. The van der Waals surface area contributed by atoms with Crippen molar-refractivity contribution in [1.82, 2.24) is 4.90 Å². The Labute approximate surface area is 120 Å². The fourth-order valence-corrected chi connectivity index (χ4v) is 1.26. The largest absolute Gasteiger partial charge is 0.458 e. The molecule has 0 rings (SSSR count). The van der Waals surface area contributed by atoms with E-state index in [-0.39, 0.29) is 5.57 Å². The lowest BCUT2D eigenvalue weighted by Gasteiger charge is -2.13. The maximum Gasteiger partial charge on any atom is 0.333 e. The van der Waals surface area contributed by atoms with Gasteiger partial charge in [0.2, 0.25) is 0 Å². The number of nitrogens with zero attached hydrogens (tertiary/aromatic N) is 1.